The van der Waals surface area contributed by atoms with E-state index in [4.69, 9.17) is 9.26 Å². The van der Waals surface area contributed by atoms with Crippen LogP contribution in [0.2, 0.25) is 0 Å². The van der Waals surface area contributed by atoms with Crippen LogP contribution in [0.4, 0.5) is 14.5 Å². The van der Waals surface area contributed by atoms with E-state index in [2.05, 4.69) is 20.6 Å². The molecule has 12 heteroatoms. The van der Waals surface area contributed by atoms with Crippen LogP contribution in [0.15, 0.2) is 70.1 Å². The zero-order valence-electron chi connectivity index (χ0n) is 18.1. The second kappa shape index (κ2) is 8.82. The summed E-state index contributed by atoms with van der Waals surface area (Å²) >= 11 is 0. The predicted molar refractivity (Wildman–Crippen MR) is 120 cm³/mol. The van der Waals surface area contributed by atoms with E-state index < -0.39 is 29.8 Å². The zero-order chi connectivity index (χ0) is 24.5. The second-order valence-electron chi connectivity index (χ2n) is 7.39. The Bertz CT molecular complexity index is 1620. The molecule has 1 N–H and O–H groups in total. The van der Waals surface area contributed by atoms with Crippen molar-refractivity contribution in [2.45, 2.75) is 6.54 Å². The molecule has 3 aromatic heterocycles. The maximum absolute atomic E-state index is 13.9. The van der Waals surface area contributed by atoms with Crippen LogP contribution < -0.4 is 15.7 Å². The smallest absolute Gasteiger partial charge is 0.350 e. The summed E-state index contributed by atoms with van der Waals surface area (Å²) in [4.78, 5) is 29.6. The molecule has 2 aromatic carbocycles. The van der Waals surface area contributed by atoms with Gasteiger partial charge in [0.25, 0.3) is 5.89 Å². The largest absolute Gasteiger partial charge is 0.494 e. The van der Waals surface area contributed by atoms with Gasteiger partial charge in [-0.1, -0.05) is 17.3 Å². The minimum atomic E-state index is -0.642. The summed E-state index contributed by atoms with van der Waals surface area (Å²) in [5.41, 5.74) is 0.553. The average molecular weight is 478 g/mol. The molecule has 0 aliphatic rings. The number of pyridine rings is 1. The average Bonchev–Trinajstić information content (AvgIpc) is 3.45. The summed E-state index contributed by atoms with van der Waals surface area (Å²) < 4.78 is 39.8. The number of nitrogens with one attached hydrogen (secondary N) is 1. The molecule has 5 rings (SSSR count). The van der Waals surface area contributed by atoms with Gasteiger partial charge in [-0.05, 0) is 36.4 Å². The molecular weight excluding hydrogens is 462 g/mol. The van der Waals surface area contributed by atoms with E-state index in [1.807, 2.05) is 0 Å². The molecule has 0 saturated heterocycles. The molecule has 3 heterocycles. The molecule has 0 spiro atoms. The van der Waals surface area contributed by atoms with Gasteiger partial charge in [0, 0.05) is 23.5 Å². The highest BCUT2D eigenvalue weighted by Crippen LogP contribution is 2.25. The predicted octanol–water partition coefficient (Wildman–Crippen LogP) is 3.14. The Morgan fingerprint density at radius 3 is 2.77 bits per heavy atom. The first-order valence-corrected chi connectivity index (χ1v) is 10.2. The molecule has 0 aliphatic heterocycles. The first-order chi connectivity index (χ1) is 16.9. The molecule has 0 unspecified atom stereocenters. The summed E-state index contributed by atoms with van der Waals surface area (Å²) in [5.74, 6) is -1.42. The van der Waals surface area contributed by atoms with Crippen molar-refractivity contribution in [1.82, 2.24) is 24.3 Å². The third-order valence-corrected chi connectivity index (χ3v) is 5.08. The molecule has 35 heavy (non-hydrogen) atoms. The van der Waals surface area contributed by atoms with Gasteiger partial charge in [0.1, 0.15) is 12.4 Å². The Balaban J connectivity index is 1.42. The van der Waals surface area contributed by atoms with Crippen LogP contribution in [0, 0.1) is 11.6 Å². The third-order valence-electron chi connectivity index (χ3n) is 5.08. The molecule has 176 valence electrons. The highest BCUT2D eigenvalue weighted by Gasteiger charge is 2.19. The number of amides is 1. The normalized spacial score (nSPS) is 11.1. The lowest BCUT2D eigenvalue weighted by molar-refractivity contribution is -0.117. The van der Waals surface area contributed by atoms with Crippen molar-refractivity contribution >= 4 is 17.2 Å². The van der Waals surface area contributed by atoms with E-state index in [-0.39, 0.29) is 28.8 Å². The Labute approximate surface area is 195 Å². The number of hydrogen-bond acceptors (Lipinski definition) is 7. The van der Waals surface area contributed by atoms with E-state index in [9.17, 15) is 18.4 Å². The lowest BCUT2D eigenvalue weighted by Crippen LogP contribution is -2.28. The van der Waals surface area contributed by atoms with Crippen LogP contribution in [0.5, 0.6) is 5.75 Å². The molecule has 0 radical (unpaired) electrons. The molecule has 10 nitrogen and oxygen atoms in total. The van der Waals surface area contributed by atoms with Crippen LogP contribution in [0.25, 0.3) is 28.5 Å². The second-order valence-corrected chi connectivity index (χ2v) is 7.39. The number of benzene rings is 2. The van der Waals surface area contributed by atoms with Crippen LogP contribution in [0.3, 0.4) is 0 Å². The fourth-order valence-electron chi connectivity index (χ4n) is 3.47. The summed E-state index contributed by atoms with van der Waals surface area (Å²) in [7, 11) is 1.33. The van der Waals surface area contributed by atoms with E-state index >= 15 is 0 Å². The van der Waals surface area contributed by atoms with E-state index in [1.54, 1.807) is 18.2 Å². The first-order valence-electron chi connectivity index (χ1n) is 10.2. The van der Waals surface area contributed by atoms with Gasteiger partial charge in [0.2, 0.25) is 11.7 Å². The summed E-state index contributed by atoms with van der Waals surface area (Å²) in [5, 5.41) is 10.6. The molecule has 0 bridgehead atoms. The minimum Gasteiger partial charge on any atom is -0.494 e. The van der Waals surface area contributed by atoms with Gasteiger partial charge in [-0.3, -0.25) is 4.79 Å². The van der Waals surface area contributed by atoms with Crippen LogP contribution >= 0.6 is 0 Å². The van der Waals surface area contributed by atoms with Crippen LogP contribution in [-0.2, 0) is 11.3 Å². The van der Waals surface area contributed by atoms with E-state index in [0.29, 0.717) is 11.1 Å². The first kappa shape index (κ1) is 21.9. The highest BCUT2D eigenvalue weighted by atomic mass is 19.1. The van der Waals surface area contributed by atoms with Crippen molar-refractivity contribution in [3.63, 3.8) is 0 Å². The molecule has 0 fully saturated rings. The fourth-order valence-corrected chi connectivity index (χ4v) is 3.47. The van der Waals surface area contributed by atoms with Gasteiger partial charge in [-0.2, -0.15) is 4.98 Å². The number of carbonyl (C=O) groups is 1. The van der Waals surface area contributed by atoms with Crippen LogP contribution in [0.1, 0.15) is 0 Å². The number of rotatable bonds is 6. The Hall–Kier alpha value is -4.87. The van der Waals surface area contributed by atoms with Crippen molar-refractivity contribution in [2.75, 3.05) is 12.4 Å². The summed E-state index contributed by atoms with van der Waals surface area (Å²) in [6, 6.07) is 12.9. The zero-order valence-corrected chi connectivity index (χ0v) is 18.1. The van der Waals surface area contributed by atoms with Crippen molar-refractivity contribution in [3.05, 3.63) is 82.9 Å². The van der Waals surface area contributed by atoms with Crippen molar-refractivity contribution in [3.8, 4) is 28.6 Å². The molecule has 5 aromatic rings. The van der Waals surface area contributed by atoms with Crippen molar-refractivity contribution < 1.29 is 22.8 Å². The Morgan fingerprint density at radius 1 is 1.14 bits per heavy atom. The fraction of sp³-hybridized carbons (Fsp3) is 0.0870. The number of methoxy groups -OCH3 is 1. The SMILES string of the molecule is COc1ccc(NC(=O)Cn2nc3c(-c4nc(-c5cccc(F)c5)no4)cccn3c2=O)cc1F. The molecular formula is C23H16F2N6O4. The van der Waals surface area contributed by atoms with Gasteiger partial charge in [0.15, 0.2) is 17.2 Å². The van der Waals surface area contributed by atoms with Gasteiger partial charge in [0.05, 0.1) is 12.7 Å². The Morgan fingerprint density at radius 2 is 2.00 bits per heavy atom. The number of aromatic nitrogens is 5. The number of carbonyl (C=O) groups excluding carboxylic acids is 1. The van der Waals surface area contributed by atoms with Gasteiger partial charge in [-0.25, -0.2) is 22.7 Å². The summed E-state index contributed by atoms with van der Waals surface area (Å²) in [6.45, 7) is -0.425. The van der Waals surface area contributed by atoms with Gasteiger partial charge < -0.3 is 14.6 Å². The standard InChI is InChI=1S/C23H16F2N6O4/c1-34-18-8-7-15(11-17(18)25)26-19(32)12-31-23(33)30-9-3-6-16(21(30)28-31)22-27-20(29-35-22)13-4-2-5-14(24)10-13/h2-11H,12H2,1H3,(H,26,32). The topological polar surface area (TPSA) is 117 Å². The number of hydrogen-bond donors (Lipinski definition) is 1. The third kappa shape index (κ3) is 4.24. The van der Waals surface area contributed by atoms with Gasteiger partial charge in [-0.15, -0.1) is 5.10 Å². The van der Waals surface area contributed by atoms with Crippen molar-refractivity contribution in [2.24, 2.45) is 0 Å². The van der Waals surface area contributed by atoms with Crippen LogP contribution in [-0.4, -0.2) is 37.3 Å². The molecule has 0 saturated carbocycles. The molecule has 0 aliphatic carbocycles. The summed E-state index contributed by atoms with van der Waals surface area (Å²) in [6.07, 6.45) is 1.48. The highest BCUT2D eigenvalue weighted by molar-refractivity contribution is 5.90. The quantitative estimate of drug-likeness (QED) is 0.399. The number of anilines is 1. The number of halogens is 2. The Kier molecular flexibility index (Phi) is 5.53. The lowest BCUT2D eigenvalue weighted by atomic mass is 10.2. The van der Waals surface area contributed by atoms with E-state index in [0.717, 1.165) is 10.7 Å². The van der Waals surface area contributed by atoms with Crippen molar-refractivity contribution in [1.29, 1.82) is 0 Å². The van der Waals surface area contributed by atoms with E-state index in [1.165, 1.54) is 48.0 Å². The molecule has 0 atom stereocenters. The maximum atomic E-state index is 13.9. The maximum Gasteiger partial charge on any atom is 0.350 e. The number of nitrogens with zero attached hydrogens (tertiary/aromatic N) is 5. The monoisotopic (exact) mass is 478 g/mol. The minimum absolute atomic E-state index is 0.0358. The number of ether oxygens (including phenoxy) is 1. The molecule has 1 amide bonds. The van der Waals surface area contributed by atoms with Gasteiger partial charge >= 0.3 is 5.69 Å². The lowest BCUT2D eigenvalue weighted by Gasteiger charge is -2.07. The number of fused-ring (bicyclic) bond motifs is 1.